The topological polar surface area (TPSA) is 39.3 Å². The number of para-hydroxylation sites is 1. The molecule has 2 aliphatic rings. The summed E-state index contributed by atoms with van der Waals surface area (Å²) in [4.78, 5) is 22.3. The quantitative estimate of drug-likeness (QED) is 0.351. The van der Waals surface area contributed by atoms with E-state index in [-0.39, 0.29) is 17.3 Å². The first-order chi connectivity index (χ1) is 17.8. The number of nitrogens with one attached hydrogen (secondary N) is 1. The Balaban J connectivity index is 1.47. The standard InChI is InChI=1S/C32H34FN3O/c1-22-19-23(21-25(33)20-22)30(37)36-18-13-27-26-11-7-8-12-28(26)34-29(27)32(36)16-14-31(15-17-32,35(2)3)24-9-5-4-6-10-24/h4-12,19-21,34H,13-18H2,1-3H3. The summed E-state index contributed by atoms with van der Waals surface area (Å²) in [7, 11) is 4.33. The molecule has 4 aromatic rings. The van der Waals surface area contributed by atoms with Crippen LogP contribution in [0.25, 0.3) is 10.9 Å². The van der Waals surface area contributed by atoms with E-state index < -0.39 is 5.54 Å². The van der Waals surface area contributed by atoms with Crippen molar-refractivity contribution in [2.75, 3.05) is 20.6 Å². The van der Waals surface area contributed by atoms with Crippen molar-refractivity contribution in [1.29, 1.82) is 0 Å². The van der Waals surface area contributed by atoms with Crippen LogP contribution in [0.2, 0.25) is 0 Å². The van der Waals surface area contributed by atoms with Gasteiger partial charge >= 0.3 is 0 Å². The Hall–Kier alpha value is -3.44. The first-order valence-corrected chi connectivity index (χ1v) is 13.3. The molecule has 4 nitrogen and oxygen atoms in total. The minimum atomic E-state index is -0.460. The molecule has 0 bridgehead atoms. The minimum Gasteiger partial charge on any atom is -0.356 e. The van der Waals surface area contributed by atoms with Crippen molar-refractivity contribution < 1.29 is 9.18 Å². The van der Waals surface area contributed by atoms with Crippen LogP contribution in [0.15, 0.2) is 72.8 Å². The van der Waals surface area contributed by atoms with Gasteiger partial charge in [0.2, 0.25) is 0 Å². The maximum Gasteiger partial charge on any atom is 0.254 e. The fourth-order valence-electron chi connectivity index (χ4n) is 7.08. The lowest BCUT2D eigenvalue weighted by atomic mass is 9.65. The molecule has 1 N–H and O–H groups in total. The molecular formula is C32H34FN3O. The number of benzene rings is 3. The van der Waals surface area contributed by atoms with E-state index in [0.29, 0.717) is 12.1 Å². The van der Waals surface area contributed by atoms with Gasteiger partial charge in [-0.25, -0.2) is 4.39 Å². The van der Waals surface area contributed by atoms with Crippen molar-refractivity contribution in [3.63, 3.8) is 0 Å². The zero-order chi connectivity index (χ0) is 25.8. The van der Waals surface area contributed by atoms with Gasteiger partial charge in [-0.05, 0) is 94.1 Å². The van der Waals surface area contributed by atoms with Gasteiger partial charge in [-0.2, -0.15) is 0 Å². The minimum absolute atomic E-state index is 0.0797. The van der Waals surface area contributed by atoms with Crippen molar-refractivity contribution >= 4 is 16.8 Å². The van der Waals surface area contributed by atoms with E-state index in [2.05, 4.69) is 83.5 Å². The lowest BCUT2D eigenvalue weighted by Gasteiger charge is -2.55. The monoisotopic (exact) mass is 495 g/mol. The molecule has 190 valence electrons. The van der Waals surface area contributed by atoms with E-state index >= 15 is 0 Å². The third kappa shape index (κ3) is 3.71. The molecule has 1 saturated carbocycles. The van der Waals surface area contributed by atoms with Crippen LogP contribution < -0.4 is 0 Å². The zero-order valence-electron chi connectivity index (χ0n) is 21.9. The second kappa shape index (κ2) is 8.84. The number of aryl methyl sites for hydroxylation is 1. The third-order valence-corrected chi connectivity index (χ3v) is 8.99. The van der Waals surface area contributed by atoms with Crippen molar-refractivity contribution in [3.8, 4) is 0 Å². The van der Waals surface area contributed by atoms with E-state index in [4.69, 9.17) is 0 Å². The molecular weight excluding hydrogens is 461 g/mol. The normalized spacial score (nSPS) is 23.5. The molecule has 0 radical (unpaired) electrons. The number of hydrogen-bond acceptors (Lipinski definition) is 2. The van der Waals surface area contributed by atoms with Crippen LogP contribution in [0.5, 0.6) is 0 Å². The molecule has 3 aromatic carbocycles. The Bertz CT molecular complexity index is 1440. The van der Waals surface area contributed by atoms with Gasteiger partial charge in [0.05, 0.1) is 5.54 Å². The number of fused-ring (bicyclic) bond motifs is 4. The summed E-state index contributed by atoms with van der Waals surface area (Å²) in [5.74, 6) is -0.441. The molecule has 5 heteroatoms. The predicted octanol–water partition coefficient (Wildman–Crippen LogP) is 6.54. The van der Waals surface area contributed by atoms with Crippen molar-refractivity contribution in [2.24, 2.45) is 0 Å². The van der Waals surface area contributed by atoms with Gasteiger partial charge in [-0.3, -0.25) is 9.69 Å². The van der Waals surface area contributed by atoms with E-state index in [1.165, 1.54) is 34.3 Å². The first-order valence-electron chi connectivity index (χ1n) is 13.3. The van der Waals surface area contributed by atoms with E-state index in [0.717, 1.165) is 43.2 Å². The fraction of sp³-hybridized carbons (Fsp3) is 0.344. The Morgan fingerprint density at radius 1 is 0.946 bits per heavy atom. The molecule has 37 heavy (non-hydrogen) atoms. The van der Waals surface area contributed by atoms with Crippen LogP contribution in [0, 0.1) is 12.7 Å². The molecule has 1 amide bonds. The summed E-state index contributed by atoms with van der Waals surface area (Å²) in [6.45, 7) is 2.47. The molecule has 0 atom stereocenters. The van der Waals surface area contributed by atoms with Crippen LogP contribution in [-0.2, 0) is 17.5 Å². The van der Waals surface area contributed by atoms with Gasteiger partial charge in [0, 0.05) is 34.2 Å². The highest BCUT2D eigenvalue weighted by molar-refractivity contribution is 5.96. The number of halogens is 1. The average molecular weight is 496 g/mol. The summed E-state index contributed by atoms with van der Waals surface area (Å²) in [6.07, 6.45) is 4.30. The lowest BCUT2D eigenvalue weighted by Crippen LogP contribution is -2.58. The summed E-state index contributed by atoms with van der Waals surface area (Å²) in [6, 6.07) is 23.9. The molecule has 1 fully saturated rings. The lowest BCUT2D eigenvalue weighted by molar-refractivity contribution is -0.0142. The number of carbonyl (C=O) groups is 1. The van der Waals surface area contributed by atoms with Crippen LogP contribution >= 0.6 is 0 Å². The molecule has 6 rings (SSSR count). The Kier molecular flexibility index (Phi) is 5.72. The van der Waals surface area contributed by atoms with Gasteiger partial charge in [0.15, 0.2) is 0 Å². The smallest absolute Gasteiger partial charge is 0.254 e. The number of aromatic nitrogens is 1. The highest BCUT2D eigenvalue weighted by Gasteiger charge is 2.53. The van der Waals surface area contributed by atoms with Crippen LogP contribution in [0.3, 0.4) is 0 Å². The molecule has 0 unspecified atom stereocenters. The largest absolute Gasteiger partial charge is 0.356 e. The fourth-order valence-corrected chi connectivity index (χ4v) is 7.08. The summed E-state index contributed by atoms with van der Waals surface area (Å²) >= 11 is 0. The number of hydrogen-bond donors (Lipinski definition) is 1. The van der Waals surface area contributed by atoms with E-state index in [9.17, 15) is 9.18 Å². The third-order valence-electron chi connectivity index (χ3n) is 8.99. The molecule has 1 aliphatic carbocycles. The Morgan fingerprint density at radius 2 is 1.65 bits per heavy atom. The molecule has 1 aromatic heterocycles. The van der Waals surface area contributed by atoms with Crippen molar-refractivity contribution in [3.05, 3.63) is 107 Å². The molecule has 1 spiro atoms. The van der Waals surface area contributed by atoms with Crippen LogP contribution in [0.4, 0.5) is 4.39 Å². The van der Waals surface area contributed by atoms with Crippen LogP contribution in [0.1, 0.15) is 58.4 Å². The second-order valence-corrected chi connectivity index (χ2v) is 11.1. The Morgan fingerprint density at radius 3 is 2.35 bits per heavy atom. The summed E-state index contributed by atoms with van der Waals surface area (Å²) < 4.78 is 14.4. The van der Waals surface area contributed by atoms with E-state index in [1.54, 1.807) is 0 Å². The highest BCUT2D eigenvalue weighted by atomic mass is 19.1. The SMILES string of the molecule is Cc1cc(F)cc(C(=O)N2CCc3c([nH]c4ccccc34)C23CCC(c2ccccc2)(N(C)C)CC3)c1. The molecule has 1 aliphatic heterocycles. The number of nitrogens with zero attached hydrogens (tertiary/aromatic N) is 2. The van der Waals surface area contributed by atoms with Crippen molar-refractivity contribution in [2.45, 2.75) is 50.1 Å². The van der Waals surface area contributed by atoms with Gasteiger partial charge in [0.25, 0.3) is 5.91 Å². The average Bonchev–Trinajstić information content (AvgIpc) is 3.29. The summed E-state index contributed by atoms with van der Waals surface area (Å²) in [5.41, 5.74) is 5.58. The van der Waals surface area contributed by atoms with Gasteiger partial charge in [0.1, 0.15) is 5.82 Å². The maximum absolute atomic E-state index is 14.4. The van der Waals surface area contributed by atoms with Crippen molar-refractivity contribution in [1.82, 2.24) is 14.8 Å². The zero-order valence-corrected chi connectivity index (χ0v) is 21.9. The van der Waals surface area contributed by atoms with Gasteiger partial charge < -0.3 is 9.88 Å². The highest BCUT2D eigenvalue weighted by Crippen LogP contribution is 2.53. The van der Waals surface area contributed by atoms with Crippen LogP contribution in [-0.4, -0.2) is 41.3 Å². The van der Waals surface area contributed by atoms with Gasteiger partial charge in [-0.1, -0.05) is 48.5 Å². The number of rotatable bonds is 3. The van der Waals surface area contributed by atoms with E-state index in [1.807, 2.05) is 13.0 Å². The summed E-state index contributed by atoms with van der Waals surface area (Å²) in [5, 5.41) is 1.25. The number of carbonyl (C=O) groups excluding carboxylic acids is 1. The number of H-pyrrole nitrogens is 1. The predicted molar refractivity (Wildman–Crippen MR) is 146 cm³/mol. The number of amides is 1. The molecule has 0 saturated heterocycles. The maximum atomic E-state index is 14.4. The Labute approximate surface area is 218 Å². The molecule has 2 heterocycles. The second-order valence-electron chi connectivity index (χ2n) is 11.1. The number of aromatic amines is 1. The first kappa shape index (κ1) is 23.9. The van der Waals surface area contributed by atoms with Gasteiger partial charge in [-0.15, -0.1) is 0 Å².